The van der Waals surface area contributed by atoms with Crippen LogP contribution in [-0.4, -0.2) is 67.7 Å². The molecule has 2 heterocycles. The van der Waals surface area contributed by atoms with Gasteiger partial charge in [0.1, 0.15) is 5.54 Å². The highest BCUT2D eigenvalue weighted by atomic mass is 35.5. The van der Waals surface area contributed by atoms with Gasteiger partial charge in [-0.05, 0) is 67.6 Å². The molecule has 188 valence electrons. The van der Waals surface area contributed by atoms with Crippen molar-refractivity contribution < 1.29 is 22.8 Å². The molecule has 2 aromatic carbocycles. The van der Waals surface area contributed by atoms with Crippen molar-refractivity contribution in [3.8, 4) is 0 Å². The van der Waals surface area contributed by atoms with Crippen molar-refractivity contribution in [2.45, 2.75) is 43.0 Å². The lowest BCUT2D eigenvalue weighted by Crippen LogP contribution is -2.62. The molecule has 2 fully saturated rings. The Morgan fingerprint density at radius 3 is 2.60 bits per heavy atom. The molecule has 3 amide bonds. The van der Waals surface area contributed by atoms with Crippen LogP contribution in [0.3, 0.4) is 0 Å². The molecule has 0 bridgehead atoms. The summed E-state index contributed by atoms with van der Waals surface area (Å²) in [4.78, 5) is 40.7. The minimum absolute atomic E-state index is 0.0420. The fourth-order valence-corrected chi connectivity index (χ4v) is 6.45. The summed E-state index contributed by atoms with van der Waals surface area (Å²) in [5, 5.41) is 2.06. The molecule has 2 aliphatic heterocycles. The molecular weight excluding hydrogens is 492 g/mol. The highest BCUT2D eigenvalue weighted by Gasteiger charge is 2.44. The quantitative estimate of drug-likeness (QED) is 0.600. The Balaban J connectivity index is 1.48. The third-order valence-electron chi connectivity index (χ3n) is 6.81. The van der Waals surface area contributed by atoms with E-state index in [2.05, 4.69) is 4.72 Å². The molecule has 2 aromatic rings. The van der Waals surface area contributed by atoms with E-state index in [9.17, 15) is 22.8 Å². The van der Waals surface area contributed by atoms with E-state index in [4.69, 9.17) is 17.3 Å². The van der Waals surface area contributed by atoms with Gasteiger partial charge in [-0.25, -0.2) is 8.42 Å². The van der Waals surface area contributed by atoms with Gasteiger partial charge >= 0.3 is 0 Å². The van der Waals surface area contributed by atoms with Crippen molar-refractivity contribution in [2.24, 2.45) is 11.7 Å². The third kappa shape index (κ3) is 5.44. The van der Waals surface area contributed by atoms with Gasteiger partial charge in [0.05, 0.1) is 17.4 Å². The van der Waals surface area contributed by atoms with Gasteiger partial charge in [0.25, 0.3) is 0 Å². The van der Waals surface area contributed by atoms with Crippen molar-refractivity contribution in [1.82, 2.24) is 14.5 Å². The Labute approximate surface area is 209 Å². The minimum Gasteiger partial charge on any atom is -0.369 e. The van der Waals surface area contributed by atoms with E-state index in [1.165, 1.54) is 17.0 Å². The summed E-state index contributed by atoms with van der Waals surface area (Å²) in [7, 11) is -4.02. The van der Waals surface area contributed by atoms with Crippen molar-refractivity contribution in [2.75, 3.05) is 26.2 Å². The van der Waals surface area contributed by atoms with Crippen molar-refractivity contribution in [1.29, 1.82) is 0 Å². The lowest BCUT2D eigenvalue weighted by Gasteiger charge is -2.40. The van der Waals surface area contributed by atoms with E-state index in [0.29, 0.717) is 49.2 Å². The molecule has 0 radical (unpaired) electrons. The molecule has 0 spiro atoms. The Hall–Kier alpha value is -2.69. The maximum Gasteiger partial charge on any atom is 0.244 e. The van der Waals surface area contributed by atoms with Gasteiger partial charge in [0.15, 0.2) is 0 Å². The predicted molar refractivity (Wildman–Crippen MR) is 132 cm³/mol. The topological polar surface area (TPSA) is 130 Å². The van der Waals surface area contributed by atoms with Crippen molar-refractivity contribution >= 4 is 50.1 Å². The molecule has 2 saturated heterocycles. The first kappa shape index (κ1) is 25.4. The lowest BCUT2D eigenvalue weighted by molar-refractivity contribution is -0.147. The van der Waals surface area contributed by atoms with Crippen LogP contribution in [0.4, 0.5) is 0 Å². The number of hydrogen-bond donors (Lipinski definition) is 2. The smallest absolute Gasteiger partial charge is 0.244 e. The second-order valence-electron chi connectivity index (χ2n) is 9.50. The van der Waals surface area contributed by atoms with Crippen LogP contribution in [0.2, 0.25) is 5.02 Å². The van der Waals surface area contributed by atoms with Gasteiger partial charge in [-0.1, -0.05) is 23.7 Å². The highest BCUT2D eigenvalue weighted by Crippen LogP contribution is 2.27. The number of likely N-dealkylation sites (tertiary alicyclic amines) is 2. The summed E-state index contributed by atoms with van der Waals surface area (Å²) >= 11 is 6.01. The average Bonchev–Trinajstić information content (AvgIpc) is 2.81. The monoisotopic (exact) mass is 520 g/mol. The van der Waals surface area contributed by atoms with Crippen LogP contribution in [0, 0.1) is 5.92 Å². The summed E-state index contributed by atoms with van der Waals surface area (Å²) in [6, 6.07) is 9.85. The summed E-state index contributed by atoms with van der Waals surface area (Å²) in [6.07, 6.45) is 2.16. The Morgan fingerprint density at radius 1 is 1.14 bits per heavy atom. The molecule has 4 rings (SSSR count). The lowest BCUT2D eigenvalue weighted by atomic mass is 9.91. The fourth-order valence-electron chi connectivity index (χ4n) is 4.84. The zero-order valence-corrected chi connectivity index (χ0v) is 21.1. The number of primary amides is 1. The van der Waals surface area contributed by atoms with Gasteiger partial charge in [-0.2, -0.15) is 4.72 Å². The van der Waals surface area contributed by atoms with E-state index in [1.54, 1.807) is 36.1 Å². The van der Waals surface area contributed by atoms with Crippen molar-refractivity contribution in [3.05, 3.63) is 41.4 Å². The highest BCUT2D eigenvalue weighted by molar-refractivity contribution is 7.89. The van der Waals surface area contributed by atoms with Crippen LogP contribution in [0.25, 0.3) is 10.8 Å². The number of sulfonamides is 1. The number of nitrogens with zero attached hydrogens (tertiary/aromatic N) is 2. The molecule has 2 aliphatic rings. The number of fused-ring (bicyclic) bond motifs is 1. The minimum atomic E-state index is -4.02. The molecule has 9 nitrogen and oxygen atoms in total. The van der Waals surface area contributed by atoms with E-state index < -0.39 is 27.4 Å². The molecule has 35 heavy (non-hydrogen) atoms. The normalized spacial score (nSPS) is 23.5. The van der Waals surface area contributed by atoms with E-state index in [1.807, 2.05) is 0 Å². The second kappa shape index (κ2) is 9.75. The van der Waals surface area contributed by atoms with Crippen LogP contribution < -0.4 is 10.5 Å². The molecule has 3 N–H and O–H groups in total. The van der Waals surface area contributed by atoms with Gasteiger partial charge in [-0.3, -0.25) is 14.4 Å². The first-order chi connectivity index (χ1) is 16.5. The predicted octanol–water partition coefficient (Wildman–Crippen LogP) is 1.88. The molecule has 0 aliphatic carbocycles. The molecule has 2 atom stereocenters. The summed E-state index contributed by atoms with van der Waals surface area (Å²) < 4.78 is 29.0. The second-order valence-corrected chi connectivity index (χ2v) is 11.6. The Morgan fingerprint density at radius 2 is 1.86 bits per heavy atom. The standard InChI is InChI=1S/C24H29ClN4O5S/c1-24(27-35(33,34)20-8-6-16-12-19(25)7-5-17(16)13-20)9-3-11-29(23(24)32)15-21(30)28-10-2-4-18(14-28)22(26)31/h5-8,12-13,18,27H,2-4,9-11,14-15H2,1H3,(H2,26,31)/t18?,24-/m0/s1. The number of piperidine rings is 2. The number of carbonyl (C=O) groups is 3. The molecule has 0 saturated carbocycles. The molecule has 0 aromatic heterocycles. The third-order valence-corrected chi connectivity index (χ3v) is 8.64. The number of hydrogen-bond acceptors (Lipinski definition) is 5. The van der Waals surface area contributed by atoms with Crippen LogP contribution in [0.15, 0.2) is 41.3 Å². The van der Waals surface area contributed by atoms with Gasteiger partial charge in [0, 0.05) is 24.7 Å². The van der Waals surface area contributed by atoms with E-state index in [-0.39, 0.29) is 29.8 Å². The molecular formula is C24H29ClN4O5S. The van der Waals surface area contributed by atoms with E-state index >= 15 is 0 Å². The van der Waals surface area contributed by atoms with Crippen molar-refractivity contribution in [3.63, 3.8) is 0 Å². The Kier molecular flexibility index (Phi) is 7.08. The van der Waals surface area contributed by atoms with Crippen LogP contribution >= 0.6 is 11.6 Å². The van der Waals surface area contributed by atoms with Crippen LogP contribution in [0.5, 0.6) is 0 Å². The van der Waals surface area contributed by atoms with Gasteiger partial charge in [-0.15, -0.1) is 0 Å². The molecule has 11 heteroatoms. The number of nitrogens with two attached hydrogens (primary N) is 1. The first-order valence-electron chi connectivity index (χ1n) is 11.6. The zero-order valence-electron chi connectivity index (χ0n) is 19.5. The van der Waals surface area contributed by atoms with Gasteiger partial charge in [0.2, 0.25) is 27.7 Å². The molecule has 1 unspecified atom stereocenters. The number of rotatable bonds is 6. The number of amides is 3. The maximum atomic E-state index is 13.3. The van der Waals surface area contributed by atoms with E-state index in [0.717, 1.165) is 5.39 Å². The SMILES string of the molecule is C[C@]1(NS(=O)(=O)c2ccc3cc(Cl)ccc3c2)CCCN(CC(=O)N2CCCC(C(N)=O)C2)C1=O. The summed E-state index contributed by atoms with van der Waals surface area (Å²) in [6.45, 7) is 2.48. The fraction of sp³-hybridized carbons (Fsp3) is 0.458. The number of carbonyl (C=O) groups excluding carboxylic acids is 3. The first-order valence-corrected chi connectivity index (χ1v) is 13.4. The van der Waals surface area contributed by atoms with Gasteiger partial charge < -0.3 is 15.5 Å². The number of nitrogens with one attached hydrogen (secondary N) is 1. The number of benzene rings is 2. The largest absolute Gasteiger partial charge is 0.369 e. The maximum absolute atomic E-state index is 13.3. The zero-order chi connectivity index (χ0) is 25.4. The average molecular weight is 521 g/mol. The van der Waals surface area contributed by atoms with Crippen LogP contribution in [0.1, 0.15) is 32.6 Å². The Bertz CT molecular complexity index is 1280. The van der Waals surface area contributed by atoms with Crippen LogP contribution in [-0.2, 0) is 24.4 Å². The summed E-state index contributed by atoms with van der Waals surface area (Å²) in [5.74, 6) is -1.54. The summed E-state index contributed by atoms with van der Waals surface area (Å²) in [5.41, 5.74) is 4.02. The number of halogens is 1.